The van der Waals surface area contributed by atoms with Crippen LogP contribution < -0.4 is 11.3 Å². The zero-order valence-electron chi connectivity index (χ0n) is 9.82. The van der Waals surface area contributed by atoms with Gasteiger partial charge in [-0.15, -0.1) is 5.10 Å². The van der Waals surface area contributed by atoms with Crippen LogP contribution in [-0.2, 0) is 16.1 Å². The molecule has 0 aliphatic rings. The summed E-state index contributed by atoms with van der Waals surface area (Å²) < 4.78 is 14.5. The first-order valence-electron chi connectivity index (χ1n) is 5.00. The summed E-state index contributed by atoms with van der Waals surface area (Å²) in [5, 5.41) is 4.65. The molecule has 6 nitrogen and oxygen atoms in total. The van der Waals surface area contributed by atoms with Gasteiger partial charge in [-0.05, 0) is 20.3 Å². The van der Waals surface area contributed by atoms with Crippen molar-refractivity contribution in [2.45, 2.75) is 32.5 Å². The first-order valence-corrected chi connectivity index (χ1v) is 5.77. The molecule has 0 unspecified atom stereocenters. The fraction of sp³-hybridized carbons (Fsp3) is 0.778. The lowest BCUT2D eigenvalue weighted by atomic mass is 10.1. The number of aromatic nitrogens is 2. The van der Waals surface area contributed by atoms with Crippen molar-refractivity contribution in [1.29, 1.82) is 0 Å². The molecular weight excluding hydrogens is 228 g/mol. The van der Waals surface area contributed by atoms with Crippen molar-refractivity contribution < 1.29 is 9.47 Å². The predicted octanol–water partition coefficient (Wildman–Crippen LogP) is 1.16. The molecule has 1 aromatic rings. The molecule has 0 aliphatic carbocycles. The van der Waals surface area contributed by atoms with E-state index >= 15 is 0 Å². The first-order chi connectivity index (χ1) is 7.59. The Morgan fingerprint density at radius 2 is 2.25 bits per heavy atom. The van der Waals surface area contributed by atoms with E-state index in [1.54, 1.807) is 7.11 Å². The van der Waals surface area contributed by atoms with E-state index in [1.807, 2.05) is 13.8 Å². The van der Waals surface area contributed by atoms with Gasteiger partial charge in [0.2, 0.25) is 0 Å². The van der Waals surface area contributed by atoms with Crippen molar-refractivity contribution in [2.24, 2.45) is 5.84 Å². The molecule has 0 saturated carbocycles. The van der Waals surface area contributed by atoms with Crippen LogP contribution in [0.1, 0.15) is 26.0 Å². The number of hydrogen-bond donors (Lipinski definition) is 2. The Labute approximate surface area is 99.3 Å². The Morgan fingerprint density at radius 3 is 2.88 bits per heavy atom. The second kappa shape index (κ2) is 6.09. The maximum atomic E-state index is 5.49. The topological polar surface area (TPSA) is 82.3 Å². The highest BCUT2D eigenvalue weighted by molar-refractivity contribution is 7.10. The second-order valence-corrected chi connectivity index (χ2v) is 4.71. The van der Waals surface area contributed by atoms with Gasteiger partial charge in [0.15, 0.2) is 0 Å². The highest BCUT2D eigenvalue weighted by Gasteiger charge is 2.16. The summed E-state index contributed by atoms with van der Waals surface area (Å²) in [6.07, 6.45) is 0.826. The van der Waals surface area contributed by atoms with Gasteiger partial charge in [-0.1, -0.05) is 4.49 Å². The van der Waals surface area contributed by atoms with E-state index in [0.29, 0.717) is 13.2 Å². The van der Waals surface area contributed by atoms with Gasteiger partial charge in [0.25, 0.3) is 0 Å². The average molecular weight is 246 g/mol. The molecule has 0 amide bonds. The number of hydrogen-bond acceptors (Lipinski definition) is 7. The Balaban J connectivity index is 2.26. The molecule has 16 heavy (non-hydrogen) atoms. The molecule has 7 heteroatoms. The third-order valence-electron chi connectivity index (χ3n) is 2.33. The first kappa shape index (κ1) is 13.3. The number of hydrazine groups is 1. The Hall–Kier alpha value is -0.760. The number of nitrogen functional groups attached to an aromatic ring is 1. The zero-order chi connectivity index (χ0) is 12.0. The molecule has 1 heterocycles. The van der Waals surface area contributed by atoms with Gasteiger partial charge in [0, 0.05) is 25.2 Å². The third-order valence-corrected chi connectivity index (χ3v) is 3.03. The smallest absolute Gasteiger partial charge is 0.149 e. The van der Waals surface area contributed by atoms with E-state index in [1.165, 1.54) is 11.5 Å². The lowest BCUT2D eigenvalue weighted by molar-refractivity contribution is -0.0127. The highest BCUT2D eigenvalue weighted by atomic mass is 32.1. The maximum Gasteiger partial charge on any atom is 0.149 e. The van der Waals surface area contributed by atoms with Crippen molar-refractivity contribution in [3.8, 4) is 0 Å². The number of rotatable bonds is 7. The number of nitrogens with two attached hydrogens (primary N) is 1. The molecule has 1 rings (SSSR count). The van der Waals surface area contributed by atoms with Crippen LogP contribution in [0.15, 0.2) is 0 Å². The minimum absolute atomic E-state index is 0.157. The standard InChI is InChI=1S/C9H18N4O2S/c1-9(2,14-3)4-5-15-6-7-8(11-10)16-13-12-7/h11H,4-6,10H2,1-3H3. The molecule has 0 bridgehead atoms. The van der Waals surface area contributed by atoms with Crippen LogP contribution in [-0.4, -0.2) is 28.9 Å². The van der Waals surface area contributed by atoms with Crippen molar-refractivity contribution in [3.63, 3.8) is 0 Å². The SMILES string of the molecule is COC(C)(C)CCOCc1nnsc1NN. The fourth-order valence-corrected chi connectivity index (χ4v) is 1.48. The number of nitrogens with zero attached hydrogens (tertiary/aromatic N) is 2. The normalized spacial score (nSPS) is 11.8. The summed E-state index contributed by atoms with van der Waals surface area (Å²) in [7, 11) is 1.70. The summed E-state index contributed by atoms with van der Waals surface area (Å²) in [6, 6.07) is 0. The lowest BCUT2D eigenvalue weighted by Gasteiger charge is -2.22. The number of ether oxygens (including phenoxy) is 2. The molecular formula is C9H18N4O2S. The summed E-state index contributed by atoms with van der Waals surface area (Å²) in [5.41, 5.74) is 3.11. The predicted molar refractivity (Wildman–Crippen MR) is 63.1 cm³/mol. The monoisotopic (exact) mass is 246 g/mol. The lowest BCUT2D eigenvalue weighted by Crippen LogP contribution is -2.24. The highest BCUT2D eigenvalue weighted by Crippen LogP contribution is 2.17. The van der Waals surface area contributed by atoms with Crippen LogP contribution in [0.4, 0.5) is 5.00 Å². The third kappa shape index (κ3) is 4.01. The van der Waals surface area contributed by atoms with Crippen molar-refractivity contribution >= 4 is 16.5 Å². The summed E-state index contributed by atoms with van der Waals surface area (Å²) in [6.45, 7) is 5.07. The van der Waals surface area contributed by atoms with Crippen molar-refractivity contribution in [2.75, 3.05) is 19.1 Å². The molecule has 0 aromatic carbocycles. The second-order valence-electron chi connectivity index (χ2n) is 3.96. The van der Waals surface area contributed by atoms with E-state index in [0.717, 1.165) is 17.1 Å². The summed E-state index contributed by atoms with van der Waals surface area (Å²) in [4.78, 5) is 0. The van der Waals surface area contributed by atoms with E-state index in [-0.39, 0.29) is 5.60 Å². The van der Waals surface area contributed by atoms with Gasteiger partial charge >= 0.3 is 0 Å². The van der Waals surface area contributed by atoms with Crippen LogP contribution in [0, 0.1) is 0 Å². The van der Waals surface area contributed by atoms with Gasteiger partial charge in [0.1, 0.15) is 10.7 Å². The zero-order valence-corrected chi connectivity index (χ0v) is 10.6. The quantitative estimate of drug-likeness (QED) is 0.427. The number of methoxy groups -OCH3 is 1. The molecule has 0 aliphatic heterocycles. The van der Waals surface area contributed by atoms with Gasteiger partial charge in [-0.3, -0.25) is 0 Å². The minimum Gasteiger partial charge on any atom is -0.379 e. The van der Waals surface area contributed by atoms with Gasteiger partial charge in [0.05, 0.1) is 12.2 Å². The van der Waals surface area contributed by atoms with Crippen LogP contribution >= 0.6 is 11.5 Å². The van der Waals surface area contributed by atoms with Crippen LogP contribution in [0.25, 0.3) is 0 Å². The minimum atomic E-state index is -0.157. The molecule has 0 atom stereocenters. The van der Waals surface area contributed by atoms with Gasteiger partial charge in [-0.25, -0.2) is 5.84 Å². The van der Waals surface area contributed by atoms with E-state index in [4.69, 9.17) is 15.3 Å². The molecule has 0 radical (unpaired) electrons. The molecule has 0 fully saturated rings. The summed E-state index contributed by atoms with van der Waals surface area (Å²) >= 11 is 1.22. The van der Waals surface area contributed by atoms with Gasteiger partial charge < -0.3 is 14.9 Å². The largest absolute Gasteiger partial charge is 0.379 e. The molecule has 3 N–H and O–H groups in total. The molecule has 0 spiro atoms. The Bertz CT molecular complexity index is 316. The van der Waals surface area contributed by atoms with Crippen LogP contribution in [0.3, 0.4) is 0 Å². The molecule has 92 valence electrons. The van der Waals surface area contributed by atoms with Crippen LogP contribution in [0.2, 0.25) is 0 Å². The Kier molecular flexibility index (Phi) is 5.07. The molecule has 1 aromatic heterocycles. The molecule has 0 saturated heterocycles. The summed E-state index contributed by atoms with van der Waals surface area (Å²) in [5.74, 6) is 5.29. The maximum absolute atomic E-state index is 5.49. The van der Waals surface area contributed by atoms with Gasteiger partial charge in [-0.2, -0.15) is 0 Å². The van der Waals surface area contributed by atoms with E-state index < -0.39 is 0 Å². The Morgan fingerprint density at radius 1 is 1.50 bits per heavy atom. The van der Waals surface area contributed by atoms with Crippen LogP contribution in [0.5, 0.6) is 0 Å². The van der Waals surface area contributed by atoms with Crippen molar-refractivity contribution in [3.05, 3.63) is 5.69 Å². The number of anilines is 1. The van der Waals surface area contributed by atoms with Crippen molar-refractivity contribution in [1.82, 2.24) is 9.59 Å². The average Bonchev–Trinajstić information content (AvgIpc) is 2.72. The van der Waals surface area contributed by atoms with E-state index in [2.05, 4.69) is 15.0 Å². The van der Waals surface area contributed by atoms with E-state index in [9.17, 15) is 0 Å². The number of nitrogens with one attached hydrogen (secondary N) is 1. The fourth-order valence-electron chi connectivity index (χ4n) is 1.00.